The van der Waals surface area contributed by atoms with Crippen LogP contribution in [0.15, 0.2) is 23.1 Å². The van der Waals surface area contributed by atoms with Gasteiger partial charge in [-0.1, -0.05) is 6.07 Å². The highest BCUT2D eigenvalue weighted by molar-refractivity contribution is 7.89. The van der Waals surface area contributed by atoms with Gasteiger partial charge in [0, 0.05) is 24.9 Å². The molecule has 1 aromatic carbocycles. The molecule has 2 aliphatic rings. The summed E-state index contributed by atoms with van der Waals surface area (Å²) in [6.07, 6.45) is 2.84. The van der Waals surface area contributed by atoms with Gasteiger partial charge in [-0.3, -0.25) is 0 Å². The van der Waals surface area contributed by atoms with Crippen molar-refractivity contribution in [2.75, 3.05) is 25.1 Å². The van der Waals surface area contributed by atoms with E-state index in [0.717, 1.165) is 31.5 Å². The number of anilines is 1. The lowest BCUT2D eigenvalue weighted by atomic mass is 10.0. The Bertz CT molecular complexity index is 565. The molecule has 1 atom stereocenters. The highest BCUT2D eigenvalue weighted by Gasteiger charge is 2.24. The van der Waals surface area contributed by atoms with Crippen LogP contribution >= 0.6 is 0 Å². The van der Waals surface area contributed by atoms with E-state index in [0.29, 0.717) is 18.1 Å². The number of hydrogen-bond acceptors (Lipinski definition) is 4. The fourth-order valence-corrected chi connectivity index (χ4v) is 3.80. The zero-order chi connectivity index (χ0) is 13.3. The van der Waals surface area contributed by atoms with Gasteiger partial charge in [-0.15, -0.1) is 0 Å². The average Bonchev–Trinajstić information content (AvgIpc) is 2.90. The second kappa shape index (κ2) is 5.11. The first-order valence-corrected chi connectivity index (χ1v) is 8.10. The number of ether oxygens (including phenoxy) is 1. The van der Waals surface area contributed by atoms with Crippen molar-refractivity contribution >= 4 is 15.7 Å². The lowest BCUT2D eigenvalue weighted by Crippen LogP contribution is -2.35. The molecule has 3 rings (SSSR count). The first-order valence-electron chi connectivity index (χ1n) is 6.62. The second-order valence-electron chi connectivity index (χ2n) is 5.03. The van der Waals surface area contributed by atoms with Crippen LogP contribution < -0.4 is 10.0 Å². The van der Waals surface area contributed by atoms with Crippen LogP contribution in [0.25, 0.3) is 0 Å². The molecule has 19 heavy (non-hydrogen) atoms. The van der Waals surface area contributed by atoms with Crippen molar-refractivity contribution in [3.63, 3.8) is 0 Å². The number of benzene rings is 1. The molecule has 0 radical (unpaired) electrons. The van der Waals surface area contributed by atoms with Crippen LogP contribution in [0.1, 0.15) is 18.4 Å². The molecule has 1 unspecified atom stereocenters. The Morgan fingerprint density at radius 3 is 3.05 bits per heavy atom. The summed E-state index contributed by atoms with van der Waals surface area (Å²) in [5, 5.41) is 3.25. The van der Waals surface area contributed by atoms with E-state index in [1.807, 2.05) is 6.07 Å². The number of fused-ring (bicyclic) bond motifs is 1. The molecule has 2 aliphatic heterocycles. The predicted octanol–water partition coefficient (Wildman–Crippen LogP) is 1.11. The molecule has 6 heteroatoms. The van der Waals surface area contributed by atoms with Crippen molar-refractivity contribution in [3.8, 4) is 0 Å². The molecule has 2 heterocycles. The van der Waals surface area contributed by atoms with Gasteiger partial charge in [-0.25, -0.2) is 13.1 Å². The monoisotopic (exact) mass is 282 g/mol. The van der Waals surface area contributed by atoms with Crippen molar-refractivity contribution < 1.29 is 13.2 Å². The molecule has 1 aromatic rings. The van der Waals surface area contributed by atoms with Crippen LogP contribution in [-0.2, 0) is 21.2 Å². The van der Waals surface area contributed by atoms with E-state index in [-0.39, 0.29) is 6.04 Å². The normalized spacial score (nSPS) is 22.8. The van der Waals surface area contributed by atoms with Crippen molar-refractivity contribution in [2.24, 2.45) is 0 Å². The number of aryl methyl sites for hydroxylation is 1. The minimum atomic E-state index is -3.45. The Kier molecular flexibility index (Phi) is 3.47. The standard InChI is InChI=1S/C13H18N2O3S/c16-19(17,15-11-5-7-18-9-11)12-4-3-10-2-1-6-14-13(10)8-12/h3-4,8,11,14-15H,1-2,5-7,9H2. The third-order valence-electron chi connectivity index (χ3n) is 3.58. The first kappa shape index (κ1) is 12.9. The van der Waals surface area contributed by atoms with Crippen molar-refractivity contribution in [1.29, 1.82) is 0 Å². The maximum Gasteiger partial charge on any atom is 0.240 e. The number of nitrogens with one attached hydrogen (secondary N) is 2. The fraction of sp³-hybridized carbons (Fsp3) is 0.538. The SMILES string of the molecule is O=S(=O)(NC1CCOC1)c1ccc2c(c1)NCCC2. The van der Waals surface area contributed by atoms with Crippen LogP contribution in [0.4, 0.5) is 5.69 Å². The van der Waals surface area contributed by atoms with Crippen LogP contribution in [0.5, 0.6) is 0 Å². The van der Waals surface area contributed by atoms with E-state index >= 15 is 0 Å². The quantitative estimate of drug-likeness (QED) is 0.871. The van der Waals surface area contributed by atoms with Crippen LogP contribution in [0, 0.1) is 0 Å². The van der Waals surface area contributed by atoms with E-state index in [2.05, 4.69) is 10.0 Å². The van der Waals surface area contributed by atoms with Gasteiger partial charge in [0.05, 0.1) is 11.5 Å². The van der Waals surface area contributed by atoms with Gasteiger partial charge in [0.2, 0.25) is 10.0 Å². The van der Waals surface area contributed by atoms with Gasteiger partial charge in [-0.2, -0.15) is 0 Å². The van der Waals surface area contributed by atoms with E-state index in [9.17, 15) is 8.42 Å². The lowest BCUT2D eigenvalue weighted by molar-refractivity contribution is 0.192. The summed E-state index contributed by atoms with van der Waals surface area (Å²) in [4.78, 5) is 0.326. The lowest BCUT2D eigenvalue weighted by Gasteiger charge is -2.19. The van der Waals surface area contributed by atoms with E-state index in [1.165, 1.54) is 5.56 Å². The zero-order valence-corrected chi connectivity index (χ0v) is 11.5. The molecule has 0 spiro atoms. The Balaban J connectivity index is 1.84. The molecule has 0 aliphatic carbocycles. The number of hydrogen-bond donors (Lipinski definition) is 2. The Labute approximate surface area is 113 Å². The van der Waals surface area contributed by atoms with Gasteiger partial charge in [-0.05, 0) is 37.0 Å². The van der Waals surface area contributed by atoms with Gasteiger partial charge < -0.3 is 10.1 Å². The Hall–Kier alpha value is -1.11. The summed E-state index contributed by atoms with van der Waals surface area (Å²) in [6, 6.07) is 5.21. The fourth-order valence-electron chi connectivity index (χ4n) is 2.52. The molecular weight excluding hydrogens is 264 g/mol. The highest BCUT2D eigenvalue weighted by atomic mass is 32.2. The summed E-state index contributed by atoms with van der Waals surface area (Å²) in [5.41, 5.74) is 2.13. The summed E-state index contributed by atoms with van der Waals surface area (Å²) in [7, 11) is -3.45. The molecule has 0 bridgehead atoms. The summed E-state index contributed by atoms with van der Waals surface area (Å²) in [5.74, 6) is 0. The number of sulfonamides is 1. The van der Waals surface area contributed by atoms with Crippen LogP contribution in [-0.4, -0.2) is 34.2 Å². The van der Waals surface area contributed by atoms with Gasteiger partial charge in [0.25, 0.3) is 0 Å². The molecule has 0 aromatic heterocycles. The topological polar surface area (TPSA) is 67.4 Å². The maximum absolute atomic E-state index is 12.3. The van der Waals surface area contributed by atoms with Gasteiger partial charge in [0.1, 0.15) is 0 Å². The van der Waals surface area contributed by atoms with Crippen LogP contribution in [0.2, 0.25) is 0 Å². The Morgan fingerprint density at radius 1 is 1.37 bits per heavy atom. The summed E-state index contributed by atoms with van der Waals surface area (Å²) < 4.78 is 32.4. The summed E-state index contributed by atoms with van der Waals surface area (Å²) >= 11 is 0. The summed E-state index contributed by atoms with van der Waals surface area (Å²) in [6.45, 7) is 1.99. The van der Waals surface area contributed by atoms with E-state index in [1.54, 1.807) is 12.1 Å². The first-order chi connectivity index (χ1) is 9.15. The Morgan fingerprint density at radius 2 is 2.26 bits per heavy atom. The molecule has 104 valence electrons. The molecule has 2 N–H and O–H groups in total. The van der Waals surface area contributed by atoms with Crippen molar-refractivity contribution in [1.82, 2.24) is 4.72 Å². The number of rotatable bonds is 3. The second-order valence-corrected chi connectivity index (χ2v) is 6.75. The molecule has 0 saturated carbocycles. The molecule has 0 amide bonds. The minimum absolute atomic E-state index is 0.103. The van der Waals surface area contributed by atoms with E-state index < -0.39 is 10.0 Å². The van der Waals surface area contributed by atoms with Crippen LogP contribution in [0.3, 0.4) is 0 Å². The largest absolute Gasteiger partial charge is 0.385 e. The third kappa shape index (κ3) is 2.75. The van der Waals surface area contributed by atoms with E-state index in [4.69, 9.17) is 4.74 Å². The molecule has 5 nitrogen and oxygen atoms in total. The zero-order valence-electron chi connectivity index (χ0n) is 10.7. The van der Waals surface area contributed by atoms with Gasteiger partial charge in [0.15, 0.2) is 0 Å². The minimum Gasteiger partial charge on any atom is -0.385 e. The third-order valence-corrected chi connectivity index (χ3v) is 5.10. The smallest absolute Gasteiger partial charge is 0.240 e. The molecule has 1 fully saturated rings. The average molecular weight is 282 g/mol. The van der Waals surface area contributed by atoms with Crippen molar-refractivity contribution in [2.45, 2.75) is 30.2 Å². The predicted molar refractivity (Wildman–Crippen MR) is 72.8 cm³/mol. The highest BCUT2D eigenvalue weighted by Crippen LogP contribution is 2.25. The van der Waals surface area contributed by atoms with Crippen molar-refractivity contribution in [3.05, 3.63) is 23.8 Å². The van der Waals surface area contributed by atoms with Gasteiger partial charge >= 0.3 is 0 Å². The molecule has 1 saturated heterocycles. The maximum atomic E-state index is 12.3. The molecular formula is C13H18N2O3S.